The van der Waals surface area contributed by atoms with E-state index >= 15 is 0 Å². The Labute approximate surface area is 187 Å². The van der Waals surface area contributed by atoms with Crippen LogP contribution in [-0.4, -0.2) is 21.6 Å². The number of carbonyl (C=O) groups excluding carboxylic acids is 1. The van der Waals surface area contributed by atoms with Crippen molar-refractivity contribution >= 4 is 49.3 Å². The van der Waals surface area contributed by atoms with E-state index in [0.717, 1.165) is 40.9 Å². The summed E-state index contributed by atoms with van der Waals surface area (Å²) in [5.41, 5.74) is 4.80. The molecule has 4 aromatic rings. The predicted molar refractivity (Wildman–Crippen MR) is 127 cm³/mol. The smallest absolute Gasteiger partial charge is 0.257 e. The quantitative estimate of drug-likeness (QED) is 0.460. The number of nitrogens with one attached hydrogen (secondary N) is 1. The highest BCUT2D eigenvalue weighted by Crippen LogP contribution is 2.30. The standard InChI is InChI=1S/C24H21N3O2S2/c1-16-8-13-20-22(15-16)30-24(25-20)26-23(28)18-9-11-19(12-10-18)31(29)27-14-4-6-17-5-2-3-7-21(17)27/h2-3,5,7-13,15H,4,6,14H2,1H3,(H,25,26,28). The Morgan fingerprint density at radius 3 is 2.74 bits per heavy atom. The van der Waals surface area contributed by atoms with Crippen molar-refractivity contribution < 1.29 is 9.00 Å². The Bertz CT molecular complexity index is 1300. The van der Waals surface area contributed by atoms with Crippen LogP contribution in [0.5, 0.6) is 0 Å². The van der Waals surface area contributed by atoms with Crippen LogP contribution in [-0.2, 0) is 17.4 Å². The lowest BCUT2D eigenvalue weighted by Gasteiger charge is -2.29. The molecule has 1 aliphatic heterocycles. The molecule has 0 bridgehead atoms. The number of anilines is 2. The van der Waals surface area contributed by atoms with E-state index in [-0.39, 0.29) is 5.91 Å². The first-order chi connectivity index (χ1) is 15.1. The number of benzene rings is 3. The van der Waals surface area contributed by atoms with Crippen LogP contribution in [0.4, 0.5) is 10.8 Å². The molecule has 5 rings (SSSR count). The molecule has 0 radical (unpaired) electrons. The molecule has 2 heterocycles. The first-order valence-corrected chi connectivity index (χ1v) is 12.1. The zero-order valence-electron chi connectivity index (χ0n) is 17.0. The van der Waals surface area contributed by atoms with Crippen LogP contribution in [0.15, 0.2) is 71.6 Å². The van der Waals surface area contributed by atoms with Crippen molar-refractivity contribution in [3.8, 4) is 0 Å². The van der Waals surface area contributed by atoms with E-state index in [0.29, 0.717) is 15.6 Å². The molecule has 0 saturated carbocycles. The summed E-state index contributed by atoms with van der Waals surface area (Å²) < 4.78 is 16.2. The highest BCUT2D eigenvalue weighted by atomic mass is 32.2. The van der Waals surface area contributed by atoms with Crippen LogP contribution in [0.1, 0.15) is 27.9 Å². The van der Waals surface area contributed by atoms with Crippen molar-refractivity contribution in [2.45, 2.75) is 24.7 Å². The SMILES string of the molecule is Cc1ccc2nc(NC(=O)c3ccc(S(=O)N4CCCc5ccccc54)cc3)sc2c1. The third-order valence-electron chi connectivity index (χ3n) is 5.35. The van der Waals surface area contributed by atoms with E-state index in [1.54, 1.807) is 24.3 Å². The van der Waals surface area contributed by atoms with Gasteiger partial charge in [-0.05, 0) is 73.4 Å². The zero-order valence-corrected chi connectivity index (χ0v) is 18.6. The number of thiazole rings is 1. The van der Waals surface area contributed by atoms with E-state index in [1.807, 2.05) is 41.6 Å². The molecule has 1 aromatic heterocycles. The van der Waals surface area contributed by atoms with Gasteiger partial charge in [0.05, 0.1) is 20.8 Å². The maximum atomic E-state index is 13.2. The molecule has 1 amide bonds. The molecule has 0 fully saturated rings. The van der Waals surface area contributed by atoms with E-state index in [1.165, 1.54) is 16.9 Å². The number of fused-ring (bicyclic) bond motifs is 2. The second-order valence-electron chi connectivity index (χ2n) is 7.55. The Hall–Kier alpha value is -3.03. The van der Waals surface area contributed by atoms with Gasteiger partial charge in [0.25, 0.3) is 5.91 Å². The van der Waals surface area contributed by atoms with Crippen molar-refractivity contribution in [2.75, 3.05) is 16.2 Å². The molecule has 31 heavy (non-hydrogen) atoms. The van der Waals surface area contributed by atoms with Gasteiger partial charge in [-0.2, -0.15) is 0 Å². The summed E-state index contributed by atoms with van der Waals surface area (Å²) >= 11 is 1.46. The fourth-order valence-corrected chi connectivity index (χ4v) is 6.01. The molecule has 0 aliphatic carbocycles. The Morgan fingerprint density at radius 2 is 1.90 bits per heavy atom. The second kappa shape index (κ2) is 8.24. The molecule has 1 N–H and O–H groups in total. The summed E-state index contributed by atoms with van der Waals surface area (Å²) in [4.78, 5) is 17.8. The number of hydrogen-bond donors (Lipinski definition) is 1. The first kappa shape index (κ1) is 19.9. The van der Waals surface area contributed by atoms with E-state index < -0.39 is 11.0 Å². The first-order valence-electron chi connectivity index (χ1n) is 10.1. The van der Waals surface area contributed by atoms with Crippen LogP contribution in [0, 0.1) is 6.92 Å². The summed E-state index contributed by atoms with van der Waals surface area (Å²) in [5.74, 6) is -0.226. The van der Waals surface area contributed by atoms with Gasteiger partial charge < -0.3 is 0 Å². The van der Waals surface area contributed by atoms with E-state index in [9.17, 15) is 9.00 Å². The number of aryl methyl sites for hydroxylation is 2. The molecule has 3 aromatic carbocycles. The van der Waals surface area contributed by atoms with Gasteiger partial charge in [-0.1, -0.05) is 35.6 Å². The number of nitrogens with zero attached hydrogens (tertiary/aromatic N) is 2. The molecule has 0 spiro atoms. The lowest BCUT2D eigenvalue weighted by atomic mass is 10.0. The van der Waals surface area contributed by atoms with Crippen LogP contribution in [0.3, 0.4) is 0 Å². The Kier molecular flexibility index (Phi) is 5.29. The Morgan fingerprint density at radius 1 is 1.10 bits per heavy atom. The highest BCUT2D eigenvalue weighted by molar-refractivity contribution is 7.86. The molecule has 156 valence electrons. The third kappa shape index (κ3) is 3.98. The van der Waals surface area contributed by atoms with E-state index in [2.05, 4.69) is 22.4 Å². The van der Waals surface area contributed by atoms with Crippen LogP contribution < -0.4 is 9.62 Å². The molecule has 1 unspecified atom stereocenters. The summed E-state index contributed by atoms with van der Waals surface area (Å²) in [6.07, 6.45) is 1.99. The largest absolute Gasteiger partial charge is 0.298 e. The van der Waals surface area contributed by atoms with Gasteiger partial charge in [-0.3, -0.25) is 14.4 Å². The minimum atomic E-state index is -1.31. The van der Waals surface area contributed by atoms with Gasteiger partial charge in [0.2, 0.25) is 0 Å². The van der Waals surface area contributed by atoms with Crippen molar-refractivity contribution in [1.82, 2.24) is 4.98 Å². The maximum absolute atomic E-state index is 13.2. The van der Waals surface area contributed by atoms with Crippen molar-refractivity contribution in [3.05, 3.63) is 83.4 Å². The zero-order chi connectivity index (χ0) is 21.4. The van der Waals surface area contributed by atoms with Crippen LogP contribution in [0.2, 0.25) is 0 Å². The average Bonchev–Trinajstić information content (AvgIpc) is 3.19. The minimum Gasteiger partial charge on any atom is -0.298 e. The third-order valence-corrected chi connectivity index (χ3v) is 7.74. The van der Waals surface area contributed by atoms with Crippen molar-refractivity contribution in [2.24, 2.45) is 0 Å². The minimum absolute atomic E-state index is 0.226. The summed E-state index contributed by atoms with van der Waals surface area (Å²) in [7, 11) is -1.31. The van der Waals surface area contributed by atoms with Crippen LogP contribution in [0.25, 0.3) is 10.2 Å². The van der Waals surface area contributed by atoms with Gasteiger partial charge in [-0.25, -0.2) is 9.19 Å². The molecular formula is C24H21N3O2S2. The number of aromatic nitrogens is 1. The fourth-order valence-electron chi connectivity index (χ4n) is 3.78. The van der Waals surface area contributed by atoms with Gasteiger partial charge in [0.1, 0.15) is 0 Å². The van der Waals surface area contributed by atoms with Gasteiger partial charge >= 0.3 is 0 Å². The number of amides is 1. The molecular weight excluding hydrogens is 426 g/mol. The summed E-state index contributed by atoms with van der Waals surface area (Å²) in [5, 5.41) is 3.45. The summed E-state index contributed by atoms with van der Waals surface area (Å²) in [6, 6.07) is 21.1. The van der Waals surface area contributed by atoms with Gasteiger partial charge in [0, 0.05) is 12.1 Å². The van der Waals surface area contributed by atoms with Gasteiger partial charge in [-0.15, -0.1) is 0 Å². The van der Waals surface area contributed by atoms with Crippen molar-refractivity contribution in [1.29, 1.82) is 0 Å². The monoisotopic (exact) mass is 447 g/mol. The fraction of sp³-hybridized carbons (Fsp3) is 0.167. The molecule has 1 atom stereocenters. The number of para-hydroxylation sites is 1. The number of rotatable bonds is 4. The lowest BCUT2D eigenvalue weighted by Crippen LogP contribution is -2.31. The topological polar surface area (TPSA) is 62.3 Å². The van der Waals surface area contributed by atoms with Gasteiger partial charge in [0.15, 0.2) is 16.1 Å². The molecule has 0 saturated heterocycles. The summed E-state index contributed by atoms with van der Waals surface area (Å²) in [6.45, 7) is 2.79. The van der Waals surface area contributed by atoms with Crippen molar-refractivity contribution in [3.63, 3.8) is 0 Å². The Balaban J connectivity index is 1.32. The number of hydrogen-bond acceptors (Lipinski definition) is 4. The number of carbonyl (C=O) groups is 1. The van der Waals surface area contributed by atoms with E-state index in [4.69, 9.17) is 0 Å². The lowest BCUT2D eigenvalue weighted by molar-refractivity contribution is 0.102. The maximum Gasteiger partial charge on any atom is 0.257 e. The predicted octanol–water partition coefficient (Wildman–Crippen LogP) is 5.33. The molecule has 1 aliphatic rings. The average molecular weight is 448 g/mol. The molecule has 7 heteroatoms. The molecule has 5 nitrogen and oxygen atoms in total. The van der Waals surface area contributed by atoms with Crippen LogP contribution >= 0.6 is 11.3 Å². The highest BCUT2D eigenvalue weighted by Gasteiger charge is 2.22. The second-order valence-corrected chi connectivity index (χ2v) is 9.99. The normalized spacial score (nSPS) is 14.3.